The number of nitrogens with zero attached hydrogens (tertiary/aromatic N) is 2. The number of H-pyrrole nitrogens is 1. The first-order chi connectivity index (χ1) is 8.94. The molecule has 2 heterocycles. The molecule has 6 nitrogen and oxygen atoms in total. The number of primary amides is 1. The van der Waals surface area contributed by atoms with Crippen molar-refractivity contribution in [3.05, 3.63) is 17.2 Å². The van der Waals surface area contributed by atoms with Gasteiger partial charge in [-0.15, -0.1) is 0 Å². The van der Waals surface area contributed by atoms with Crippen LogP contribution in [0.4, 0.5) is 0 Å². The molecule has 1 fully saturated rings. The van der Waals surface area contributed by atoms with E-state index in [0.717, 1.165) is 30.2 Å². The highest BCUT2D eigenvalue weighted by atomic mass is 16.5. The minimum Gasteiger partial charge on any atom is -0.367 e. The molecule has 0 spiro atoms. The largest absolute Gasteiger partial charge is 0.367 e. The summed E-state index contributed by atoms with van der Waals surface area (Å²) in [5.74, 6) is 0.587. The fourth-order valence-electron chi connectivity index (χ4n) is 2.33. The molecule has 106 valence electrons. The molecule has 1 aromatic heterocycles. The Labute approximate surface area is 113 Å². The molecule has 0 aromatic carbocycles. The van der Waals surface area contributed by atoms with Crippen LogP contribution in [0.15, 0.2) is 0 Å². The molecular formula is C13H22N4O2. The average molecular weight is 266 g/mol. The summed E-state index contributed by atoms with van der Waals surface area (Å²) in [6.45, 7) is 8.37. The lowest BCUT2D eigenvalue weighted by Gasteiger charge is -2.38. The smallest absolute Gasteiger partial charge is 0.250 e. The number of carbonyl (C=O) groups excluding carboxylic acids is 1. The monoisotopic (exact) mass is 266 g/mol. The molecule has 1 saturated heterocycles. The lowest BCUT2D eigenvalue weighted by Crippen LogP contribution is -2.56. The van der Waals surface area contributed by atoms with E-state index in [2.05, 4.69) is 21.8 Å². The van der Waals surface area contributed by atoms with Crippen molar-refractivity contribution in [1.82, 2.24) is 14.9 Å². The zero-order valence-corrected chi connectivity index (χ0v) is 11.8. The van der Waals surface area contributed by atoms with Gasteiger partial charge >= 0.3 is 0 Å². The molecule has 0 bridgehead atoms. The summed E-state index contributed by atoms with van der Waals surface area (Å²) < 4.78 is 5.51. The maximum atomic E-state index is 11.4. The molecule has 1 amide bonds. The van der Waals surface area contributed by atoms with E-state index in [0.29, 0.717) is 19.7 Å². The number of imidazole rings is 1. The number of rotatable bonds is 4. The number of hydrogen-bond acceptors (Lipinski definition) is 4. The molecule has 0 saturated carbocycles. The third-order valence-corrected chi connectivity index (χ3v) is 3.62. The van der Waals surface area contributed by atoms with Crippen molar-refractivity contribution in [2.75, 3.05) is 19.7 Å². The van der Waals surface area contributed by atoms with Gasteiger partial charge in [0.15, 0.2) is 5.60 Å². The lowest BCUT2D eigenvalue weighted by atomic mass is 10.0. The maximum Gasteiger partial charge on any atom is 0.250 e. The second-order valence-electron chi connectivity index (χ2n) is 5.26. The van der Waals surface area contributed by atoms with Crippen molar-refractivity contribution in [3.8, 4) is 0 Å². The quantitative estimate of drug-likeness (QED) is 0.824. The van der Waals surface area contributed by atoms with Crippen LogP contribution in [0.25, 0.3) is 0 Å². The molecule has 6 heteroatoms. The Morgan fingerprint density at radius 2 is 2.37 bits per heavy atom. The molecule has 1 atom stereocenters. The van der Waals surface area contributed by atoms with Gasteiger partial charge < -0.3 is 15.5 Å². The predicted molar refractivity (Wildman–Crippen MR) is 71.5 cm³/mol. The van der Waals surface area contributed by atoms with Crippen LogP contribution in [0.1, 0.15) is 31.1 Å². The van der Waals surface area contributed by atoms with Crippen molar-refractivity contribution >= 4 is 5.91 Å². The summed E-state index contributed by atoms with van der Waals surface area (Å²) in [7, 11) is 0. The van der Waals surface area contributed by atoms with Gasteiger partial charge in [0.2, 0.25) is 0 Å². The van der Waals surface area contributed by atoms with Crippen LogP contribution in [-0.2, 0) is 22.5 Å². The summed E-state index contributed by atoms with van der Waals surface area (Å²) in [5, 5.41) is 0. The van der Waals surface area contributed by atoms with Gasteiger partial charge in [-0.05, 0) is 13.8 Å². The molecular weight excluding hydrogens is 244 g/mol. The first kappa shape index (κ1) is 14.0. The van der Waals surface area contributed by atoms with E-state index in [9.17, 15) is 4.79 Å². The molecule has 0 aliphatic carbocycles. The number of nitrogens with two attached hydrogens (primary N) is 1. The number of hydrogen-bond donors (Lipinski definition) is 2. The molecule has 2 rings (SSSR count). The average Bonchev–Trinajstić information content (AvgIpc) is 2.70. The van der Waals surface area contributed by atoms with Crippen LogP contribution in [0.2, 0.25) is 0 Å². The van der Waals surface area contributed by atoms with Crippen LogP contribution >= 0.6 is 0 Å². The van der Waals surface area contributed by atoms with Crippen molar-refractivity contribution in [3.63, 3.8) is 0 Å². The van der Waals surface area contributed by atoms with E-state index in [1.165, 1.54) is 0 Å². The van der Waals surface area contributed by atoms with E-state index in [-0.39, 0.29) is 0 Å². The molecule has 1 aliphatic heterocycles. The Balaban J connectivity index is 2.06. The molecule has 19 heavy (non-hydrogen) atoms. The summed E-state index contributed by atoms with van der Waals surface area (Å²) in [4.78, 5) is 21.4. The Kier molecular flexibility index (Phi) is 3.91. The maximum absolute atomic E-state index is 11.4. The van der Waals surface area contributed by atoms with Crippen molar-refractivity contribution in [2.45, 2.75) is 39.3 Å². The number of carbonyl (C=O) groups is 1. The summed E-state index contributed by atoms with van der Waals surface area (Å²) in [6, 6.07) is 0. The fraction of sp³-hybridized carbons (Fsp3) is 0.692. The number of nitrogens with one attached hydrogen (secondary N) is 1. The number of aromatic amines is 1. The van der Waals surface area contributed by atoms with E-state index in [1.807, 2.05) is 6.92 Å². The van der Waals surface area contributed by atoms with Crippen molar-refractivity contribution in [1.29, 1.82) is 0 Å². The first-order valence-electron chi connectivity index (χ1n) is 6.65. The van der Waals surface area contributed by atoms with Gasteiger partial charge in [-0.2, -0.15) is 0 Å². The number of aromatic nitrogens is 2. The lowest BCUT2D eigenvalue weighted by molar-refractivity contribution is -0.153. The van der Waals surface area contributed by atoms with Crippen LogP contribution in [-0.4, -0.2) is 46.1 Å². The highest BCUT2D eigenvalue weighted by molar-refractivity contribution is 5.83. The normalized spacial score (nSPS) is 24.6. The van der Waals surface area contributed by atoms with E-state index in [4.69, 9.17) is 10.5 Å². The second-order valence-corrected chi connectivity index (χ2v) is 5.26. The Bertz CT molecular complexity index is 471. The minimum absolute atomic E-state index is 0.412. The van der Waals surface area contributed by atoms with Crippen molar-refractivity contribution in [2.24, 2.45) is 5.73 Å². The van der Waals surface area contributed by atoms with Gasteiger partial charge in [0.05, 0.1) is 12.3 Å². The van der Waals surface area contributed by atoms with E-state index < -0.39 is 11.5 Å². The van der Waals surface area contributed by atoms with Crippen molar-refractivity contribution < 1.29 is 9.53 Å². The van der Waals surface area contributed by atoms with Gasteiger partial charge in [-0.1, -0.05) is 6.92 Å². The number of morpholine rings is 1. The zero-order chi connectivity index (χ0) is 14.0. The molecule has 0 radical (unpaired) electrons. The highest BCUT2D eigenvalue weighted by Crippen LogP contribution is 2.19. The third-order valence-electron chi connectivity index (χ3n) is 3.62. The molecule has 3 N–H and O–H groups in total. The predicted octanol–water partition coefficient (Wildman–Crippen LogP) is 0.357. The number of aryl methyl sites for hydroxylation is 2. The van der Waals surface area contributed by atoms with Crippen LogP contribution in [0, 0.1) is 6.92 Å². The SMILES string of the molecule is CCc1nc(CN2CCOC(C)(C(N)=O)C2)c(C)[nH]1. The van der Waals surface area contributed by atoms with Gasteiger partial charge in [-0.25, -0.2) is 4.98 Å². The second kappa shape index (κ2) is 5.30. The molecule has 1 aromatic rings. The van der Waals surface area contributed by atoms with Gasteiger partial charge in [0.25, 0.3) is 5.91 Å². The first-order valence-corrected chi connectivity index (χ1v) is 6.65. The number of amides is 1. The van der Waals surface area contributed by atoms with Crippen LogP contribution in [0.3, 0.4) is 0 Å². The summed E-state index contributed by atoms with van der Waals surface area (Å²) in [5.41, 5.74) is 6.63. The Morgan fingerprint density at radius 1 is 1.63 bits per heavy atom. The Hall–Kier alpha value is -1.40. The van der Waals surface area contributed by atoms with E-state index in [1.54, 1.807) is 6.92 Å². The van der Waals surface area contributed by atoms with E-state index >= 15 is 0 Å². The zero-order valence-electron chi connectivity index (χ0n) is 11.8. The standard InChI is InChI=1S/C13H22N4O2/c1-4-11-15-9(2)10(16-11)7-17-5-6-19-13(3,8-17)12(14)18/h4-8H2,1-3H3,(H2,14,18)(H,15,16). The van der Waals surface area contributed by atoms with Gasteiger partial charge in [0.1, 0.15) is 5.82 Å². The fourth-order valence-corrected chi connectivity index (χ4v) is 2.33. The van der Waals surface area contributed by atoms with Gasteiger partial charge in [0, 0.05) is 31.7 Å². The summed E-state index contributed by atoms with van der Waals surface area (Å²) in [6.07, 6.45) is 0.892. The highest BCUT2D eigenvalue weighted by Gasteiger charge is 2.37. The third kappa shape index (κ3) is 2.96. The minimum atomic E-state index is -0.893. The number of ether oxygens (including phenoxy) is 1. The topological polar surface area (TPSA) is 84.2 Å². The molecule has 1 unspecified atom stereocenters. The van der Waals surface area contributed by atoms with Crippen LogP contribution in [0.5, 0.6) is 0 Å². The van der Waals surface area contributed by atoms with Gasteiger partial charge in [-0.3, -0.25) is 9.69 Å². The Morgan fingerprint density at radius 3 is 2.95 bits per heavy atom. The molecule has 1 aliphatic rings. The van der Waals surface area contributed by atoms with Crippen LogP contribution < -0.4 is 5.73 Å². The summed E-state index contributed by atoms with van der Waals surface area (Å²) >= 11 is 0.